The molecular formula is C16H19. The molecule has 1 unspecified atom stereocenters. The van der Waals surface area contributed by atoms with E-state index in [-0.39, 0.29) is 0 Å². The summed E-state index contributed by atoms with van der Waals surface area (Å²) < 4.78 is 0. The van der Waals surface area contributed by atoms with Gasteiger partial charge in [-0.1, -0.05) is 69.2 Å². The standard InChI is InChI=1S/C16H19/c1-3-4-7-13(2)15-11-10-14-8-5-6-9-16(14)12-15/h5-6,8-13H,1,3-4,7H2,2H3. The van der Waals surface area contributed by atoms with Crippen LogP contribution < -0.4 is 0 Å². The molecular weight excluding hydrogens is 192 g/mol. The predicted molar refractivity (Wildman–Crippen MR) is 71.6 cm³/mol. The van der Waals surface area contributed by atoms with Crippen molar-refractivity contribution in [3.05, 3.63) is 55.0 Å². The van der Waals surface area contributed by atoms with Crippen molar-refractivity contribution in [2.45, 2.75) is 32.1 Å². The monoisotopic (exact) mass is 211 g/mol. The van der Waals surface area contributed by atoms with Crippen LogP contribution in [-0.4, -0.2) is 0 Å². The average Bonchev–Trinajstić information content (AvgIpc) is 2.35. The summed E-state index contributed by atoms with van der Waals surface area (Å²) in [5.41, 5.74) is 1.45. The Labute approximate surface area is 98.3 Å². The molecule has 0 fully saturated rings. The molecule has 0 nitrogen and oxygen atoms in total. The largest absolute Gasteiger partial charge is 0.0616 e. The summed E-state index contributed by atoms with van der Waals surface area (Å²) in [6, 6.07) is 15.4. The molecule has 0 aromatic heterocycles. The van der Waals surface area contributed by atoms with Crippen molar-refractivity contribution >= 4 is 10.8 Å². The third-order valence-electron chi connectivity index (χ3n) is 3.23. The maximum atomic E-state index is 3.90. The van der Waals surface area contributed by atoms with Crippen molar-refractivity contribution in [2.24, 2.45) is 0 Å². The summed E-state index contributed by atoms with van der Waals surface area (Å²) in [7, 11) is 0. The normalized spacial score (nSPS) is 12.9. The zero-order valence-corrected chi connectivity index (χ0v) is 9.95. The van der Waals surface area contributed by atoms with Crippen LogP contribution in [0.5, 0.6) is 0 Å². The number of rotatable bonds is 4. The first-order valence-corrected chi connectivity index (χ1v) is 6.09. The van der Waals surface area contributed by atoms with Crippen LogP contribution in [0.4, 0.5) is 0 Å². The lowest BCUT2D eigenvalue weighted by Gasteiger charge is -2.12. The van der Waals surface area contributed by atoms with E-state index in [1.165, 1.54) is 29.2 Å². The molecule has 0 saturated carbocycles. The molecule has 0 aliphatic rings. The van der Waals surface area contributed by atoms with Crippen LogP contribution in [0.25, 0.3) is 10.8 Å². The first kappa shape index (κ1) is 11.2. The molecule has 2 aromatic carbocycles. The van der Waals surface area contributed by atoms with E-state index in [9.17, 15) is 0 Å². The fraction of sp³-hybridized carbons (Fsp3) is 0.312. The first-order valence-electron chi connectivity index (χ1n) is 6.09. The van der Waals surface area contributed by atoms with Crippen molar-refractivity contribution in [3.8, 4) is 0 Å². The predicted octanol–water partition coefficient (Wildman–Crippen LogP) is 4.95. The third kappa shape index (κ3) is 2.44. The third-order valence-corrected chi connectivity index (χ3v) is 3.23. The molecule has 0 saturated heterocycles. The highest BCUT2D eigenvalue weighted by atomic mass is 14.1. The number of fused-ring (bicyclic) bond motifs is 1. The Kier molecular flexibility index (Phi) is 3.61. The van der Waals surface area contributed by atoms with Gasteiger partial charge in [-0.15, -0.1) is 0 Å². The van der Waals surface area contributed by atoms with Gasteiger partial charge < -0.3 is 0 Å². The lowest BCUT2D eigenvalue weighted by molar-refractivity contribution is 0.640. The van der Waals surface area contributed by atoms with Gasteiger partial charge in [0.05, 0.1) is 0 Å². The first-order chi connectivity index (χ1) is 7.81. The summed E-state index contributed by atoms with van der Waals surface area (Å²) in [5.74, 6) is 0.645. The van der Waals surface area contributed by atoms with E-state index >= 15 is 0 Å². The zero-order valence-electron chi connectivity index (χ0n) is 9.95. The van der Waals surface area contributed by atoms with Gasteiger partial charge in [0.2, 0.25) is 0 Å². The van der Waals surface area contributed by atoms with E-state index in [1.807, 2.05) is 0 Å². The Morgan fingerprint density at radius 2 is 1.81 bits per heavy atom. The van der Waals surface area contributed by atoms with Crippen LogP contribution in [0.3, 0.4) is 0 Å². The van der Waals surface area contributed by atoms with Gasteiger partial charge in [-0.2, -0.15) is 0 Å². The van der Waals surface area contributed by atoms with E-state index in [4.69, 9.17) is 0 Å². The van der Waals surface area contributed by atoms with Crippen molar-refractivity contribution in [1.82, 2.24) is 0 Å². The molecule has 1 atom stereocenters. The van der Waals surface area contributed by atoms with E-state index in [1.54, 1.807) is 0 Å². The second-order valence-corrected chi connectivity index (χ2v) is 4.50. The van der Waals surface area contributed by atoms with Crippen molar-refractivity contribution in [1.29, 1.82) is 0 Å². The average molecular weight is 211 g/mol. The fourth-order valence-corrected chi connectivity index (χ4v) is 2.13. The molecule has 0 N–H and O–H groups in total. The highest BCUT2D eigenvalue weighted by Gasteiger charge is 2.05. The van der Waals surface area contributed by atoms with Gasteiger partial charge in [-0.05, 0) is 28.7 Å². The van der Waals surface area contributed by atoms with Gasteiger partial charge >= 0.3 is 0 Å². The quantitative estimate of drug-likeness (QED) is 0.671. The van der Waals surface area contributed by atoms with Crippen LogP contribution in [-0.2, 0) is 0 Å². The summed E-state index contributed by atoms with van der Waals surface area (Å²) in [6.45, 7) is 6.21. The minimum Gasteiger partial charge on any atom is -0.0616 e. The van der Waals surface area contributed by atoms with E-state index < -0.39 is 0 Å². The maximum Gasteiger partial charge on any atom is -0.0181 e. The van der Waals surface area contributed by atoms with Gasteiger partial charge in [-0.3, -0.25) is 0 Å². The van der Waals surface area contributed by atoms with E-state index in [0.717, 1.165) is 6.42 Å². The van der Waals surface area contributed by atoms with Gasteiger partial charge in [0.25, 0.3) is 0 Å². The number of hydrogen-bond donors (Lipinski definition) is 0. The van der Waals surface area contributed by atoms with E-state index in [2.05, 4.69) is 56.3 Å². The molecule has 0 aliphatic heterocycles. The minimum absolute atomic E-state index is 0.645. The number of hydrogen-bond acceptors (Lipinski definition) is 0. The highest BCUT2D eigenvalue weighted by molar-refractivity contribution is 5.83. The Hall–Kier alpha value is -1.30. The Balaban J connectivity index is 2.25. The van der Waals surface area contributed by atoms with Crippen LogP contribution in [0.2, 0.25) is 0 Å². The topological polar surface area (TPSA) is 0 Å². The zero-order chi connectivity index (χ0) is 11.4. The summed E-state index contributed by atoms with van der Waals surface area (Å²) >= 11 is 0. The smallest absolute Gasteiger partial charge is 0.0181 e. The molecule has 1 radical (unpaired) electrons. The molecule has 83 valence electrons. The second-order valence-electron chi connectivity index (χ2n) is 4.50. The summed E-state index contributed by atoms with van der Waals surface area (Å²) in [4.78, 5) is 0. The minimum atomic E-state index is 0.645. The fourth-order valence-electron chi connectivity index (χ4n) is 2.13. The van der Waals surface area contributed by atoms with Crippen molar-refractivity contribution < 1.29 is 0 Å². The van der Waals surface area contributed by atoms with Crippen LogP contribution >= 0.6 is 0 Å². The Morgan fingerprint density at radius 1 is 1.06 bits per heavy atom. The second kappa shape index (κ2) is 5.16. The van der Waals surface area contributed by atoms with Gasteiger partial charge in [0.1, 0.15) is 0 Å². The molecule has 2 aromatic rings. The van der Waals surface area contributed by atoms with Crippen molar-refractivity contribution in [3.63, 3.8) is 0 Å². The lowest BCUT2D eigenvalue weighted by Crippen LogP contribution is -1.93. The SMILES string of the molecule is [CH2]CCCC(C)c1ccc2ccccc2c1. The Bertz CT molecular complexity index is 456. The lowest BCUT2D eigenvalue weighted by atomic mass is 9.93. The van der Waals surface area contributed by atoms with Gasteiger partial charge in [0.15, 0.2) is 0 Å². The molecule has 0 aliphatic carbocycles. The molecule has 0 bridgehead atoms. The number of unbranched alkanes of at least 4 members (excludes halogenated alkanes) is 1. The highest BCUT2D eigenvalue weighted by Crippen LogP contribution is 2.25. The van der Waals surface area contributed by atoms with Gasteiger partial charge in [0, 0.05) is 0 Å². The molecule has 0 amide bonds. The van der Waals surface area contributed by atoms with Crippen LogP contribution in [0, 0.1) is 6.92 Å². The van der Waals surface area contributed by atoms with Gasteiger partial charge in [-0.25, -0.2) is 0 Å². The number of benzene rings is 2. The van der Waals surface area contributed by atoms with Crippen LogP contribution in [0.1, 0.15) is 37.7 Å². The molecule has 2 rings (SSSR count). The molecule has 0 heterocycles. The van der Waals surface area contributed by atoms with Crippen LogP contribution in [0.15, 0.2) is 42.5 Å². The summed E-state index contributed by atoms with van der Waals surface area (Å²) in [5, 5.41) is 2.68. The van der Waals surface area contributed by atoms with Crippen molar-refractivity contribution in [2.75, 3.05) is 0 Å². The maximum absolute atomic E-state index is 3.90. The molecule has 16 heavy (non-hydrogen) atoms. The molecule has 0 heteroatoms. The van der Waals surface area contributed by atoms with E-state index in [0.29, 0.717) is 5.92 Å². The Morgan fingerprint density at radius 3 is 2.56 bits per heavy atom. The molecule has 0 spiro atoms. The summed E-state index contributed by atoms with van der Waals surface area (Å²) in [6.07, 6.45) is 3.49.